The molecule has 1 unspecified atom stereocenters. The molecule has 2 heterocycles. The molecule has 1 atom stereocenters. The number of nitrogens with zero attached hydrogens (tertiary/aromatic N) is 2. The van der Waals surface area contributed by atoms with Crippen molar-refractivity contribution in [3.8, 4) is 23.0 Å². The Morgan fingerprint density at radius 2 is 1.57 bits per heavy atom. The zero-order chi connectivity index (χ0) is 28.8. The highest BCUT2D eigenvalue weighted by Crippen LogP contribution is 2.36. The van der Waals surface area contributed by atoms with E-state index in [9.17, 15) is 9.59 Å². The van der Waals surface area contributed by atoms with Crippen molar-refractivity contribution in [1.29, 1.82) is 0 Å². The molecule has 4 rings (SSSR count). The minimum absolute atomic E-state index is 0.194. The van der Waals surface area contributed by atoms with Gasteiger partial charge < -0.3 is 23.7 Å². The summed E-state index contributed by atoms with van der Waals surface area (Å²) in [7, 11) is 1.57. The highest BCUT2D eigenvalue weighted by Gasteiger charge is 2.34. The maximum atomic E-state index is 13.9. The monoisotopic (exact) mass is 566 g/mol. The molecule has 0 amide bonds. The summed E-state index contributed by atoms with van der Waals surface area (Å²) in [4.78, 5) is 32.3. The summed E-state index contributed by atoms with van der Waals surface area (Å²) in [5.74, 6) is 1.79. The zero-order valence-electron chi connectivity index (χ0n) is 23.6. The Morgan fingerprint density at radius 3 is 2.23 bits per heavy atom. The molecule has 9 nitrogen and oxygen atoms in total. The van der Waals surface area contributed by atoms with E-state index in [4.69, 9.17) is 23.7 Å². The standard InChI is InChI=1S/C30H34N2O7S/c1-7-36-21-13-11-19(15-23(21)35-6)16-25-28(33)32-27(20-12-14-22(37-8-2)24(17-20)38-9-3)26(29(34)39-10-4)18(5)31-30(32)40-25/h11-17,27H,7-10H2,1-6H3/b25-16-. The van der Waals surface area contributed by atoms with Gasteiger partial charge in [-0.2, -0.15) is 0 Å². The number of ether oxygens (including phenoxy) is 5. The number of aromatic nitrogens is 1. The normalized spacial score (nSPS) is 14.8. The number of fused-ring (bicyclic) bond motifs is 1. The Morgan fingerprint density at radius 1 is 0.925 bits per heavy atom. The van der Waals surface area contributed by atoms with E-state index in [1.807, 2.05) is 51.1 Å². The Labute approximate surface area is 236 Å². The van der Waals surface area contributed by atoms with Gasteiger partial charge in [0.25, 0.3) is 5.56 Å². The smallest absolute Gasteiger partial charge is 0.338 e. The minimum Gasteiger partial charge on any atom is -0.493 e. The highest BCUT2D eigenvalue weighted by atomic mass is 32.1. The summed E-state index contributed by atoms with van der Waals surface area (Å²) < 4.78 is 30.1. The van der Waals surface area contributed by atoms with E-state index in [-0.39, 0.29) is 12.2 Å². The van der Waals surface area contributed by atoms with Crippen LogP contribution in [-0.2, 0) is 9.53 Å². The molecule has 3 aromatic rings. The molecular formula is C30H34N2O7S. The first-order chi connectivity index (χ1) is 19.4. The van der Waals surface area contributed by atoms with Crippen molar-refractivity contribution in [1.82, 2.24) is 4.57 Å². The number of allylic oxidation sites excluding steroid dienone is 1. The fourth-order valence-electron chi connectivity index (χ4n) is 4.54. The molecule has 0 radical (unpaired) electrons. The number of carbonyl (C=O) groups is 1. The Hall–Kier alpha value is -4.05. The first-order valence-electron chi connectivity index (χ1n) is 13.3. The number of rotatable bonds is 11. The summed E-state index contributed by atoms with van der Waals surface area (Å²) >= 11 is 1.25. The number of carbonyl (C=O) groups excluding carboxylic acids is 1. The molecule has 0 aliphatic carbocycles. The van der Waals surface area contributed by atoms with Gasteiger partial charge in [0.15, 0.2) is 27.8 Å². The average Bonchev–Trinajstić information content (AvgIpc) is 3.24. The maximum absolute atomic E-state index is 13.9. The molecule has 1 aromatic heterocycles. The fourth-order valence-corrected chi connectivity index (χ4v) is 5.59. The van der Waals surface area contributed by atoms with Crippen molar-refractivity contribution < 1.29 is 28.5 Å². The molecule has 1 aliphatic heterocycles. The van der Waals surface area contributed by atoms with Gasteiger partial charge in [-0.1, -0.05) is 23.5 Å². The van der Waals surface area contributed by atoms with Crippen LogP contribution >= 0.6 is 11.3 Å². The zero-order valence-corrected chi connectivity index (χ0v) is 24.4. The third-order valence-corrected chi connectivity index (χ3v) is 7.17. The van der Waals surface area contributed by atoms with Crippen LogP contribution < -0.4 is 33.8 Å². The fraction of sp³-hybridized carbons (Fsp3) is 0.367. The van der Waals surface area contributed by atoms with Gasteiger partial charge in [0, 0.05) is 0 Å². The van der Waals surface area contributed by atoms with E-state index in [2.05, 4.69) is 4.99 Å². The lowest BCUT2D eigenvalue weighted by Crippen LogP contribution is -2.40. The molecule has 1 aliphatic rings. The predicted octanol–water partition coefficient (Wildman–Crippen LogP) is 4.00. The van der Waals surface area contributed by atoms with Gasteiger partial charge in [-0.05, 0) is 76.1 Å². The van der Waals surface area contributed by atoms with Crippen LogP contribution in [0.2, 0.25) is 0 Å². The van der Waals surface area contributed by atoms with Crippen LogP contribution in [0.1, 0.15) is 51.8 Å². The van der Waals surface area contributed by atoms with E-state index in [0.29, 0.717) is 69.0 Å². The first-order valence-corrected chi connectivity index (χ1v) is 14.1. The van der Waals surface area contributed by atoms with Crippen LogP contribution in [0.5, 0.6) is 23.0 Å². The lowest BCUT2D eigenvalue weighted by atomic mass is 9.95. The maximum Gasteiger partial charge on any atom is 0.338 e. The molecule has 0 N–H and O–H groups in total. The number of methoxy groups -OCH3 is 1. The van der Waals surface area contributed by atoms with Crippen molar-refractivity contribution in [3.63, 3.8) is 0 Å². The van der Waals surface area contributed by atoms with Crippen LogP contribution in [-0.4, -0.2) is 44.1 Å². The predicted molar refractivity (Wildman–Crippen MR) is 153 cm³/mol. The summed E-state index contributed by atoms with van der Waals surface area (Å²) in [5.41, 5.74) is 1.96. The van der Waals surface area contributed by atoms with Crippen molar-refractivity contribution in [2.75, 3.05) is 33.5 Å². The van der Waals surface area contributed by atoms with E-state index < -0.39 is 12.0 Å². The molecule has 10 heteroatoms. The molecule has 0 saturated carbocycles. The minimum atomic E-state index is -0.762. The van der Waals surface area contributed by atoms with E-state index in [0.717, 1.165) is 5.56 Å². The molecule has 0 saturated heterocycles. The van der Waals surface area contributed by atoms with Gasteiger partial charge in [0.05, 0.1) is 55.4 Å². The van der Waals surface area contributed by atoms with Gasteiger partial charge in [0.2, 0.25) is 0 Å². The summed E-state index contributed by atoms with van der Waals surface area (Å²) in [6.45, 7) is 10.8. The average molecular weight is 567 g/mol. The van der Waals surface area contributed by atoms with E-state index in [1.165, 1.54) is 11.3 Å². The van der Waals surface area contributed by atoms with Crippen LogP contribution in [0.3, 0.4) is 0 Å². The van der Waals surface area contributed by atoms with Crippen molar-refractivity contribution in [3.05, 3.63) is 78.5 Å². The third kappa shape index (κ3) is 5.77. The number of benzene rings is 2. The Kier molecular flexibility index (Phi) is 9.31. The second kappa shape index (κ2) is 12.9. The second-order valence-corrected chi connectivity index (χ2v) is 9.73. The van der Waals surface area contributed by atoms with Crippen molar-refractivity contribution in [2.24, 2.45) is 4.99 Å². The van der Waals surface area contributed by atoms with E-state index in [1.54, 1.807) is 37.7 Å². The van der Waals surface area contributed by atoms with Crippen LogP contribution in [0.4, 0.5) is 0 Å². The molecule has 40 heavy (non-hydrogen) atoms. The molecular weight excluding hydrogens is 532 g/mol. The topological polar surface area (TPSA) is 97.6 Å². The van der Waals surface area contributed by atoms with Gasteiger partial charge >= 0.3 is 5.97 Å². The molecule has 212 valence electrons. The lowest BCUT2D eigenvalue weighted by Gasteiger charge is -2.25. The largest absolute Gasteiger partial charge is 0.493 e. The molecule has 0 spiro atoms. The number of hydrogen-bond acceptors (Lipinski definition) is 9. The van der Waals surface area contributed by atoms with Crippen LogP contribution in [0.25, 0.3) is 6.08 Å². The number of hydrogen-bond donors (Lipinski definition) is 0. The van der Waals surface area contributed by atoms with Crippen LogP contribution in [0, 0.1) is 0 Å². The molecule has 0 fully saturated rings. The van der Waals surface area contributed by atoms with Gasteiger partial charge in [-0.3, -0.25) is 9.36 Å². The quantitative estimate of drug-likeness (QED) is 0.324. The van der Waals surface area contributed by atoms with Crippen LogP contribution in [0.15, 0.2) is 57.5 Å². The highest BCUT2D eigenvalue weighted by molar-refractivity contribution is 7.07. The van der Waals surface area contributed by atoms with E-state index >= 15 is 0 Å². The number of esters is 1. The molecule has 2 aromatic carbocycles. The SMILES string of the molecule is CCOC(=O)C1=C(C)N=c2s/c(=C\c3ccc(OCC)c(OC)c3)c(=O)n2C1c1ccc(OCC)c(OCC)c1. The summed E-state index contributed by atoms with van der Waals surface area (Å²) in [6, 6.07) is 10.2. The Bertz CT molecular complexity index is 1600. The summed E-state index contributed by atoms with van der Waals surface area (Å²) in [5, 5.41) is 0. The summed E-state index contributed by atoms with van der Waals surface area (Å²) in [6.07, 6.45) is 1.78. The third-order valence-electron chi connectivity index (χ3n) is 6.19. The molecule has 0 bridgehead atoms. The lowest BCUT2D eigenvalue weighted by molar-refractivity contribution is -0.139. The van der Waals surface area contributed by atoms with Gasteiger partial charge in [-0.15, -0.1) is 0 Å². The van der Waals surface area contributed by atoms with Gasteiger partial charge in [0.1, 0.15) is 0 Å². The second-order valence-electron chi connectivity index (χ2n) is 8.72. The first kappa shape index (κ1) is 28.9. The van der Waals surface area contributed by atoms with Gasteiger partial charge in [-0.25, -0.2) is 9.79 Å². The Balaban J connectivity index is 1.92. The van der Waals surface area contributed by atoms with Crippen molar-refractivity contribution in [2.45, 2.75) is 40.7 Å². The van der Waals surface area contributed by atoms with Crippen molar-refractivity contribution >= 4 is 23.4 Å². The number of thiazole rings is 1.